The lowest BCUT2D eigenvalue weighted by Crippen LogP contribution is -2.29. The van der Waals surface area contributed by atoms with Crippen LogP contribution in [-0.2, 0) is 0 Å². The van der Waals surface area contributed by atoms with Crippen LogP contribution in [0.1, 0.15) is 48.0 Å². The van der Waals surface area contributed by atoms with Crippen molar-refractivity contribution in [1.29, 1.82) is 0 Å². The SMILES string of the molecule is COc1ccc(N2C(=O)c3oc4ccc(Br)cc4c(=O)c3C2c2ccc(OCCC(C)C)c(OC)c2)cc1. The van der Waals surface area contributed by atoms with Crippen LogP contribution >= 0.6 is 15.9 Å². The molecule has 0 bridgehead atoms. The minimum Gasteiger partial charge on any atom is -0.497 e. The lowest BCUT2D eigenvalue weighted by atomic mass is 9.97. The van der Waals surface area contributed by atoms with Crippen molar-refractivity contribution >= 4 is 38.5 Å². The Balaban J connectivity index is 1.68. The zero-order valence-electron chi connectivity index (χ0n) is 21.6. The molecule has 1 unspecified atom stereocenters. The summed E-state index contributed by atoms with van der Waals surface area (Å²) in [7, 11) is 3.15. The summed E-state index contributed by atoms with van der Waals surface area (Å²) in [6, 6.07) is 17.1. The molecule has 0 aliphatic carbocycles. The molecule has 5 rings (SSSR count). The van der Waals surface area contributed by atoms with Gasteiger partial charge in [0.1, 0.15) is 11.3 Å². The van der Waals surface area contributed by atoms with Crippen molar-refractivity contribution in [3.63, 3.8) is 0 Å². The molecule has 0 radical (unpaired) electrons. The molecule has 3 aromatic carbocycles. The number of carbonyl (C=O) groups excluding carboxylic acids is 1. The van der Waals surface area contributed by atoms with Gasteiger partial charge in [0.05, 0.1) is 37.8 Å². The fourth-order valence-electron chi connectivity index (χ4n) is 4.65. The van der Waals surface area contributed by atoms with E-state index >= 15 is 0 Å². The van der Waals surface area contributed by atoms with Crippen molar-refractivity contribution in [2.75, 3.05) is 25.7 Å². The number of nitrogens with zero attached hydrogens (tertiary/aromatic N) is 1. The number of rotatable bonds is 8. The first-order valence-electron chi connectivity index (χ1n) is 12.4. The summed E-state index contributed by atoms with van der Waals surface area (Å²) in [5.41, 5.74) is 1.68. The van der Waals surface area contributed by atoms with Crippen LogP contribution in [0.25, 0.3) is 11.0 Å². The highest BCUT2D eigenvalue weighted by molar-refractivity contribution is 9.10. The molecular weight excluding hydrogens is 550 g/mol. The van der Waals surface area contributed by atoms with Gasteiger partial charge < -0.3 is 18.6 Å². The maximum Gasteiger partial charge on any atom is 0.295 e. The van der Waals surface area contributed by atoms with Gasteiger partial charge in [-0.1, -0.05) is 35.8 Å². The maximum absolute atomic E-state index is 13.9. The van der Waals surface area contributed by atoms with Gasteiger partial charge in [-0.2, -0.15) is 0 Å². The first-order valence-corrected chi connectivity index (χ1v) is 13.2. The second kappa shape index (κ2) is 10.5. The molecule has 1 aliphatic rings. The van der Waals surface area contributed by atoms with Crippen molar-refractivity contribution in [1.82, 2.24) is 0 Å². The van der Waals surface area contributed by atoms with Crippen molar-refractivity contribution in [2.45, 2.75) is 26.3 Å². The zero-order chi connectivity index (χ0) is 27.0. The minimum absolute atomic E-state index is 0.0295. The predicted octanol–water partition coefficient (Wildman–Crippen LogP) is 6.75. The van der Waals surface area contributed by atoms with Crippen LogP contribution in [0.5, 0.6) is 17.2 Å². The number of fused-ring (bicyclic) bond motifs is 2. The molecule has 196 valence electrons. The van der Waals surface area contributed by atoms with Gasteiger partial charge in [-0.3, -0.25) is 14.5 Å². The van der Waals surface area contributed by atoms with E-state index in [4.69, 9.17) is 18.6 Å². The third-order valence-electron chi connectivity index (χ3n) is 6.64. The summed E-state index contributed by atoms with van der Waals surface area (Å²) in [6.07, 6.45) is 0.907. The normalized spacial score (nSPS) is 14.7. The van der Waals surface area contributed by atoms with Crippen molar-refractivity contribution < 1.29 is 23.4 Å². The van der Waals surface area contributed by atoms with E-state index in [-0.39, 0.29) is 16.8 Å². The third-order valence-corrected chi connectivity index (χ3v) is 7.13. The number of ether oxygens (including phenoxy) is 3. The van der Waals surface area contributed by atoms with Gasteiger partial charge in [0.25, 0.3) is 5.91 Å². The highest BCUT2D eigenvalue weighted by Crippen LogP contribution is 2.43. The number of benzene rings is 3. The Hall–Kier alpha value is -3.78. The Morgan fingerprint density at radius 1 is 0.947 bits per heavy atom. The largest absolute Gasteiger partial charge is 0.497 e. The molecule has 8 heteroatoms. The first kappa shape index (κ1) is 25.9. The third kappa shape index (κ3) is 4.65. The Bertz CT molecular complexity index is 1560. The molecule has 0 fully saturated rings. The van der Waals surface area contributed by atoms with E-state index in [9.17, 15) is 9.59 Å². The number of anilines is 1. The summed E-state index contributed by atoms with van der Waals surface area (Å²) < 4.78 is 23.7. The van der Waals surface area contributed by atoms with Gasteiger partial charge >= 0.3 is 0 Å². The van der Waals surface area contributed by atoms with E-state index in [2.05, 4.69) is 29.8 Å². The molecule has 0 spiro atoms. The number of amides is 1. The van der Waals surface area contributed by atoms with E-state index in [0.717, 1.165) is 10.9 Å². The number of hydrogen-bond donors (Lipinski definition) is 0. The molecule has 38 heavy (non-hydrogen) atoms. The lowest BCUT2D eigenvalue weighted by molar-refractivity contribution is 0.0971. The topological polar surface area (TPSA) is 78.2 Å². The zero-order valence-corrected chi connectivity index (χ0v) is 23.2. The van der Waals surface area contributed by atoms with E-state index < -0.39 is 11.9 Å². The summed E-state index contributed by atoms with van der Waals surface area (Å²) in [4.78, 5) is 29.3. The molecular formula is C30H28BrNO6. The Morgan fingerprint density at radius 3 is 2.39 bits per heavy atom. The molecule has 0 N–H and O–H groups in total. The lowest BCUT2D eigenvalue weighted by Gasteiger charge is -2.26. The molecule has 1 amide bonds. The van der Waals surface area contributed by atoms with Crippen LogP contribution in [0.4, 0.5) is 5.69 Å². The van der Waals surface area contributed by atoms with Gasteiger partial charge in [0.15, 0.2) is 16.9 Å². The van der Waals surface area contributed by atoms with Crippen LogP contribution in [0.2, 0.25) is 0 Å². The molecule has 4 aromatic rings. The second-order valence-electron chi connectivity index (χ2n) is 9.53. The smallest absolute Gasteiger partial charge is 0.295 e. The Labute approximate surface area is 229 Å². The Kier molecular flexibility index (Phi) is 7.17. The monoisotopic (exact) mass is 577 g/mol. The molecule has 1 aliphatic heterocycles. The summed E-state index contributed by atoms with van der Waals surface area (Å²) in [5.74, 6) is 1.93. The fraction of sp³-hybridized carbons (Fsp3) is 0.267. The van der Waals surface area contributed by atoms with Crippen molar-refractivity contribution in [3.8, 4) is 17.2 Å². The minimum atomic E-state index is -0.732. The first-order chi connectivity index (χ1) is 18.3. The molecule has 2 heterocycles. The summed E-state index contributed by atoms with van der Waals surface area (Å²) >= 11 is 3.44. The van der Waals surface area contributed by atoms with Gasteiger partial charge in [0, 0.05) is 10.2 Å². The van der Waals surface area contributed by atoms with Gasteiger partial charge in [-0.25, -0.2) is 0 Å². The molecule has 0 saturated heterocycles. The van der Waals surface area contributed by atoms with E-state index in [1.807, 2.05) is 18.2 Å². The van der Waals surface area contributed by atoms with Crippen molar-refractivity contribution in [2.24, 2.45) is 5.92 Å². The highest BCUT2D eigenvalue weighted by atomic mass is 79.9. The predicted molar refractivity (Wildman–Crippen MR) is 150 cm³/mol. The van der Waals surface area contributed by atoms with E-state index in [0.29, 0.717) is 52.0 Å². The fourth-order valence-corrected chi connectivity index (χ4v) is 5.01. The van der Waals surface area contributed by atoms with E-state index in [1.165, 1.54) is 0 Å². The average Bonchev–Trinajstić information content (AvgIpc) is 3.21. The van der Waals surface area contributed by atoms with Crippen molar-refractivity contribution in [3.05, 3.63) is 92.2 Å². The number of carbonyl (C=O) groups is 1. The molecule has 0 saturated carbocycles. The second-order valence-corrected chi connectivity index (χ2v) is 10.4. The quantitative estimate of drug-likeness (QED) is 0.230. The average molecular weight is 578 g/mol. The molecule has 1 atom stereocenters. The van der Waals surface area contributed by atoms with Crippen LogP contribution in [0, 0.1) is 5.92 Å². The molecule has 7 nitrogen and oxygen atoms in total. The number of halogens is 1. The summed E-state index contributed by atoms with van der Waals surface area (Å²) in [6.45, 7) is 4.83. The highest BCUT2D eigenvalue weighted by Gasteiger charge is 2.44. The van der Waals surface area contributed by atoms with Crippen LogP contribution < -0.4 is 24.5 Å². The van der Waals surface area contributed by atoms with E-state index in [1.54, 1.807) is 61.6 Å². The number of methoxy groups -OCH3 is 2. The standard InChI is InChI=1S/C30H28BrNO6/c1-17(2)13-14-37-24-11-5-18(15-25(24)36-4)27-26-28(33)22-16-19(31)6-12-23(22)38-29(26)30(34)32(27)20-7-9-21(35-3)10-8-20/h5-12,15-17,27H,13-14H2,1-4H3. The van der Waals surface area contributed by atoms with Crippen LogP contribution in [0.3, 0.4) is 0 Å². The summed E-state index contributed by atoms with van der Waals surface area (Å²) in [5, 5.41) is 0.396. The van der Waals surface area contributed by atoms with Gasteiger partial charge in [-0.05, 0) is 72.5 Å². The van der Waals surface area contributed by atoms with Crippen LogP contribution in [-0.4, -0.2) is 26.7 Å². The maximum atomic E-state index is 13.9. The molecule has 1 aromatic heterocycles. The van der Waals surface area contributed by atoms with Crippen LogP contribution in [0.15, 0.2) is 74.3 Å². The number of hydrogen-bond acceptors (Lipinski definition) is 6. The Morgan fingerprint density at radius 2 is 1.71 bits per heavy atom. The van der Waals surface area contributed by atoms with Gasteiger partial charge in [-0.15, -0.1) is 0 Å². The van der Waals surface area contributed by atoms with Gasteiger partial charge in [0.2, 0.25) is 5.76 Å².